The van der Waals surface area contributed by atoms with Crippen LogP contribution in [0.3, 0.4) is 0 Å². The number of nitrogens with one attached hydrogen (secondary N) is 1. The van der Waals surface area contributed by atoms with E-state index in [1.807, 2.05) is 30.3 Å². The maximum absolute atomic E-state index is 12.0. The Morgan fingerprint density at radius 3 is 2.74 bits per heavy atom. The van der Waals surface area contributed by atoms with Crippen molar-refractivity contribution in [2.75, 3.05) is 11.5 Å². The Bertz CT molecular complexity index is 1150. The van der Waals surface area contributed by atoms with Gasteiger partial charge in [-0.25, -0.2) is 4.98 Å². The largest absolute Gasteiger partial charge is 0.396 e. The summed E-state index contributed by atoms with van der Waals surface area (Å²) in [5.41, 5.74) is 13.7. The summed E-state index contributed by atoms with van der Waals surface area (Å²) >= 11 is 2.74. The standard InChI is InChI=1S/C15H9N5OS2/c16-5-6-10(17)12-11(20-14(6)21)9(13(18)23-12)15-19-7-3-1-2-4-8(7)22-15/h1-4H,18H2,(H3,17,20,21). The summed E-state index contributed by atoms with van der Waals surface area (Å²) in [6, 6.07) is 9.59. The first-order valence-corrected chi connectivity index (χ1v) is 8.23. The zero-order chi connectivity index (χ0) is 16.1. The molecule has 0 bridgehead atoms. The number of anilines is 2. The van der Waals surface area contributed by atoms with Crippen molar-refractivity contribution >= 4 is 53.8 Å². The number of aromatic amines is 1. The van der Waals surface area contributed by atoms with Gasteiger partial charge in [0.05, 0.1) is 36.7 Å². The third-order valence-electron chi connectivity index (χ3n) is 3.53. The molecule has 4 aromatic rings. The van der Waals surface area contributed by atoms with E-state index in [0.29, 0.717) is 20.8 Å². The Kier molecular flexibility index (Phi) is 2.87. The Hall–Kier alpha value is -2.89. The number of aromatic nitrogens is 2. The van der Waals surface area contributed by atoms with Gasteiger partial charge in [0.15, 0.2) is 0 Å². The molecule has 0 spiro atoms. The van der Waals surface area contributed by atoms with Crippen LogP contribution in [0.15, 0.2) is 29.1 Å². The van der Waals surface area contributed by atoms with Gasteiger partial charge in [-0.05, 0) is 12.1 Å². The van der Waals surface area contributed by atoms with E-state index in [2.05, 4.69) is 9.97 Å². The fourth-order valence-electron chi connectivity index (χ4n) is 2.47. The topological polar surface area (TPSA) is 122 Å². The molecule has 4 rings (SSSR count). The number of rotatable bonds is 1. The van der Waals surface area contributed by atoms with Crippen molar-refractivity contribution < 1.29 is 0 Å². The number of hydrogen-bond acceptors (Lipinski definition) is 7. The van der Waals surface area contributed by atoms with Crippen LogP contribution < -0.4 is 17.0 Å². The zero-order valence-electron chi connectivity index (χ0n) is 11.6. The first kappa shape index (κ1) is 13.8. The van der Waals surface area contributed by atoms with Gasteiger partial charge in [0.25, 0.3) is 5.56 Å². The van der Waals surface area contributed by atoms with Gasteiger partial charge in [0.1, 0.15) is 16.6 Å². The van der Waals surface area contributed by atoms with E-state index < -0.39 is 5.56 Å². The van der Waals surface area contributed by atoms with E-state index in [0.717, 1.165) is 15.2 Å². The number of H-pyrrole nitrogens is 1. The highest BCUT2D eigenvalue weighted by atomic mass is 32.1. The molecule has 0 atom stereocenters. The summed E-state index contributed by atoms with van der Waals surface area (Å²) in [5, 5.41) is 10.3. The van der Waals surface area contributed by atoms with Crippen LogP contribution in [0.1, 0.15) is 5.56 Å². The van der Waals surface area contributed by atoms with E-state index in [9.17, 15) is 4.79 Å². The van der Waals surface area contributed by atoms with Crippen molar-refractivity contribution in [1.82, 2.24) is 9.97 Å². The molecule has 23 heavy (non-hydrogen) atoms. The van der Waals surface area contributed by atoms with Crippen molar-refractivity contribution in [3.05, 3.63) is 40.2 Å². The molecule has 0 fully saturated rings. The Labute approximate surface area is 137 Å². The van der Waals surface area contributed by atoms with Gasteiger partial charge < -0.3 is 16.5 Å². The lowest BCUT2D eigenvalue weighted by Gasteiger charge is -1.99. The van der Waals surface area contributed by atoms with E-state index >= 15 is 0 Å². The highest BCUT2D eigenvalue weighted by molar-refractivity contribution is 7.25. The summed E-state index contributed by atoms with van der Waals surface area (Å²) in [5.74, 6) is 0. The van der Waals surface area contributed by atoms with E-state index in [4.69, 9.17) is 16.7 Å². The van der Waals surface area contributed by atoms with Gasteiger partial charge in [-0.3, -0.25) is 4.79 Å². The SMILES string of the molecule is N#Cc1c(N)c2sc(N)c(-c3nc4ccccc4s3)c2[nH]c1=O. The number of fused-ring (bicyclic) bond motifs is 2. The molecule has 0 saturated heterocycles. The molecular formula is C15H9N5OS2. The molecule has 0 aliphatic rings. The van der Waals surface area contributed by atoms with Gasteiger partial charge in [0.2, 0.25) is 0 Å². The van der Waals surface area contributed by atoms with Crippen LogP contribution in [0.2, 0.25) is 0 Å². The fraction of sp³-hybridized carbons (Fsp3) is 0. The summed E-state index contributed by atoms with van der Waals surface area (Å²) in [4.78, 5) is 19.3. The minimum absolute atomic E-state index is 0.0883. The van der Waals surface area contributed by atoms with Crippen molar-refractivity contribution in [2.24, 2.45) is 0 Å². The molecule has 0 unspecified atom stereocenters. The number of benzene rings is 1. The molecule has 6 nitrogen and oxygen atoms in total. The second kappa shape index (κ2) is 4.81. The molecule has 0 saturated carbocycles. The molecular weight excluding hydrogens is 330 g/mol. The molecule has 1 aromatic carbocycles. The zero-order valence-corrected chi connectivity index (χ0v) is 13.2. The summed E-state index contributed by atoms with van der Waals surface area (Å²) in [7, 11) is 0. The quantitative estimate of drug-likeness (QED) is 0.492. The van der Waals surface area contributed by atoms with Crippen molar-refractivity contribution in [1.29, 1.82) is 5.26 Å². The summed E-state index contributed by atoms with van der Waals surface area (Å²) in [6.45, 7) is 0. The summed E-state index contributed by atoms with van der Waals surface area (Å²) in [6.07, 6.45) is 0. The third kappa shape index (κ3) is 1.91. The van der Waals surface area contributed by atoms with Crippen LogP contribution in [0, 0.1) is 11.3 Å². The average Bonchev–Trinajstić information content (AvgIpc) is 3.08. The number of nitrogens with two attached hydrogens (primary N) is 2. The minimum Gasteiger partial charge on any atom is -0.396 e. The number of nitrogen functional groups attached to an aromatic ring is 2. The van der Waals surface area contributed by atoms with Crippen molar-refractivity contribution in [2.45, 2.75) is 0 Å². The highest BCUT2D eigenvalue weighted by Gasteiger charge is 2.20. The second-order valence-electron chi connectivity index (χ2n) is 4.89. The van der Waals surface area contributed by atoms with Crippen LogP contribution >= 0.6 is 22.7 Å². The number of thiazole rings is 1. The van der Waals surface area contributed by atoms with E-state index in [1.54, 1.807) is 0 Å². The predicted octanol–water partition coefficient (Wildman–Crippen LogP) is 2.90. The molecule has 0 aliphatic heterocycles. The third-order valence-corrected chi connectivity index (χ3v) is 5.64. The lowest BCUT2D eigenvalue weighted by molar-refractivity contribution is 1.28. The fourth-order valence-corrected chi connectivity index (χ4v) is 4.56. The van der Waals surface area contributed by atoms with E-state index in [-0.39, 0.29) is 11.3 Å². The van der Waals surface area contributed by atoms with Gasteiger partial charge in [-0.2, -0.15) is 5.26 Å². The monoisotopic (exact) mass is 339 g/mol. The summed E-state index contributed by atoms with van der Waals surface area (Å²) < 4.78 is 1.64. The maximum Gasteiger partial charge on any atom is 0.268 e. The lowest BCUT2D eigenvalue weighted by atomic mass is 10.2. The molecule has 3 aromatic heterocycles. The average molecular weight is 339 g/mol. The van der Waals surface area contributed by atoms with Crippen molar-refractivity contribution in [3.8, 4) is 16.6 Å². The van der Waals surface area contributed by atoms with Crippen LogP contribution in [0.4, 0.5) is 10.7 Å². The smallest absolute Gasteiger partial charge is 0.268 e. The van der Waals surface area contributed by atoms with Crippen LogP contribution in [-0.2, 0) is 0 Å². The second-order valence-corrected chi connectivity index (χ2v) is 6.97. The number of nitrogens with zero attached hydrogens (tertiary/aromatic N) is 2. The number of pyridine rings is 1. The van der Waals surface area contributed by atoms with Gasteiger partial charge in [0, 0.05) is 0 Å². The van der Waals surface area contributed by atoms with Crippen LogP contribution in [-0.4, -0.2) is 9.97 Å². The number of hydrogen-bond donors (Lipinski definition) is 3. The first-order valence-electron chi connectivity index (χ1n) is 6.60. The van der Waals surface area contributed by atoms with Crippen LogP contribution in [0.25, 0.3) is 31.0 Å². The normalized spacial score (nSPS) is 11.1. The molecule has 0 aliphatic carbocycles. The molecule has 112 valence electrons. The molecule has 0 amide bonds. The molecule has 8 heteroatoms. The maximum atomic E-state index is 12.0. The number of para-hydroxylation sites is 1. The predicted molar refractivity (Wildman–Crippen MR) is 94.6 cm³/mol. The number of nitriles is 1. The van der Waals surface area contributed by atoms with Crippen LogP contribution in [0.5, 0.6) is 0 Å². The Balaban J connectivity index is 2.10. The van der Waals surface area contributed by atoms with Gasteiger partial charge in [-0.1, -0.05) is 12.1 Å². The first-order chi connectivity index (χ1) is 11.1. The molecule has 3 heterocycles. The van der Waals surface area contributed by atoms with Gasteiger partial charge >= 0.3 is 0 Å². The highest BCUT2D eigenvalue weighted by Crippen LogP contribution is 2.44. The lowest BCUT2D eigenvalue weighted by Crippen LogP contribution is -2.12. The Morgan fingerprint density at radius 2 is 2.00 bits per heavy atom. The minimum atomic E-state index is -0.516. The molecule has 0 radical (unpaired) electrons. The van der Waals surface area contributed by atoms with Gasteiger partial charge in [-0.15, -0.1) is 22.7 Å². The molecule has 5 N–H and O–H groups in total. The van der Waals surface area contributed by atoms with E-state index in [1.165, 1.54) is 22.7 Å². The number of thiophene rings is 1. The van der Waals surface area contributed by atoms with Crippen molar-refractivity contribution in [3.63, 3.8) is 0 Å². The Morgan fingerprint density at radius 1 is 1.22 bits per heavy atom.